The minimum Gasteiger partial charge on any atom is -0.486 e. The Morgan fingerprint density at radius 1 is 1.16 bits per heavy atom. The van der Waals surface area contributed by atoms with Crippen LogP contribution in [0, 0.1) is 10.1 Å². The van der Waals surface area contributed by atoms with Gasteiger partial charge in [0.15, 0.2) is 5.75 Å². The van der Waals surface area contributed by atoms with Crippen molar-refractivity contribution in [3.05, 3.63) is 107 Å². The Morgan fingerprint density at radius 3 is 2.46 bits per heavy atom. The van der Waals surface area contributed by atoms with Gasteiger partial charge in [-0.05, 0) is 60.0 Å². The topological polar surface area (TPSA) is 99.6 Å². The first-order valence-corrected chi connectivity index (χ1v) is 12.8. The summed E-state index contributed by atoms with van der Waals surface area (Å²) in [6.07, 6.45) is 2.28. The number of hydrogen-bond acceptors (Lipinski definition) is 6. The Balaban J connectivity index is 1.62. The van der Waals surface area contributed by atoms with Gasteiger partial charge in [0.25, 0.3) is 11.2 Å². The molecule has 0 N–H and O–H groups in total. The zero-order valence-electron chi connectivity index (χ0n) is 19.8. The second-order valence-corrected chi connectivity index (χ2v) is 10.1. The van der Waals surface area contributed by atoms with E-state index in [1.54, 1.807) is 36.4 Å². The molecule has 0 aliphatic heterocycles. The van der Waals surface area contributed by atoms with Crippen molar-refractivity contribution >= 4 is 61.9 Å². The highest BCUT2D eigenvalue weighted by atomic mass is 79.9. The van der Waals surface area contributed by atoms with E-state index in [0.29, 0.717) is 22.3 Å². The quantitative estimate of drug-likeness (QED) is 0.119. The van der Waals surface area contributed by atoms with E-state index in [1.807, 2.05) is 19.9 Å². The predicted octanol–water partition coefficient (Wildman–Crippen LogP) is 7.35. The maximum atomic E-state index is 13.3. The zero-order chi connectivity index (χ0) is 26.7. The highest BCUT2D eigenvalue weighted by molar-refractivity contribution is 9.10. The second kappa shape index (κ2) is 11.4. The van der Waals surface area contributed by atoms with Gasteiger partial charge in [-0.15, -0.1) is 0 Å². The number of non-ortho nitro benzene ring substituents is 1. The van der Waals surface area contributed by atoms with Crippen LogP contribution >= 0.6 is 39.1 Å². The Bertz CT molecular complexity index is 1550. The molecule has 0 spiro atoms. The minimum absolute atomic E-state index is 0.000250. The molecule has 3 aromatic carbocycles. The number of nitro benzene ring substituents is 1. The van der Waals surface area contributed by atoms with Gasteiger partial charge in [0.05, 0.1) is 32.1 Å². The summed E-state index contributed by atoms with van der Waals surface area (Å²) < 4.78 is 7.85. The monoisotopic (exact) mass is 602 g/mol. The number of aromatic nitrogens is 2. The molecule has 4 aromatic rings. The zero-order valence-corrected chi connectivity index (χ0v) is 22.9. The van der Waals surface area contributed by atoms with Crippen LogP contribution in [0.3, 0.4) is 0 Å². The summed E-state index contributed by atoms with van der Waals surface area (Å²) in [7, 11) is 0. The van der Waals surface area contributed by atoms with Crippen LogP contribution < -0.4 is 10.3 Å². The van der Waals surface area contributed by atoms with Crippen molar-refractivity contribution in [1.82, 2.24) is 9.66 Å². The molecule has 0 amide bonds. The molecule has 0 saturated carbocycles. The number of halogens is 3. The van der Waals surface area contributed by atoms with Crippen LogP contribution in [0.5, 0.6) is 5.75 Å². The average Bonchev–Trinajstić information content (AvgIpc) is 2.87. The third kappa shape index (κ3) is 6.01. The molecular formula is C26H21BrCl2N4O4. The molecule has 11 heteroatoms. The molecular weight excluding hydrogens is 583 g/mol. The van der Waals surface area contributed by atoms with Gasteiger partial charge in [-0.1, -0.05) is 53.0 Å². The Kier molecular flexibility index (Phi) is 8.26. The largest absolute Gasteiger partial charge is 0.486 e. The highest BCUT2D eigenvalue weighted by Crippen LogP contribution is 2.34. The molecule has 4 rings (SSSR count). The van der Waals surface area contributed by atoms with Crippen LogP contribution in [-0.2, 0) is 6.61 Å². The summed E-state index contributed by atoms with van der Waals surface area (Å²) in [5.74, 6) is 0.826. The van der Waals surface area contributed by atoms with E-state index in [9.17, 15) is 14.9 Å². The van der Waals surface area contributed by atoms with Crippen LogP contribution in [0.1, 0.15) is 43.1 Å². The lowest BCUT2D eigenvalue weighted by Gasteiger charge is -2.14. The molecule has 37 heavy (non-hydrogen) atoms. The number of benzene rings is 3. The lowest BCUT2D eigenvalue weighted by molar-refractivity contribution is -0.384. The Morgan fingerprint density at radius 2 is 1.84 bits per heavy atom. The molecule has 8 nitrogen and oxygen atoms in total. The maximum absolute atomic E-state index is 13.3. The Hall–Kier alpha value is -3.27. The first kappa shape index (κ1) is 26.8. The summed E-state index contributed by atoms with van der Waals surface area (Å²) in [5, 5.41) is 16.2. The standard InChI is InChI=1S/C26H21BrCl2N4O4/c1-3-15(2)25-31-23-9-6-18(27)12-20(23)26(34)32(25)30-13-17-10-21(28)24(22(29)11-17)37-14-16-4-7-19(8-5-16)33(35)36/h4-13,15H,3,14H2,1-2H3/t15-/m0/s1. The molecule has 0 aliphatic carbocycles. The van der Waals surface area contributed by atoms with Crippen molar-refractivity contribution in [2.24, 2.45) is 5.10 Å². The van der Waals surface area contributed by atoms with E-state index in [1.165, 1.54) is 23.0 Å². The van der Waals surface area contributed by atoms with Gasteiger partial charge in [0, 0.05) is 22.5 Å². The maximum Gasteiger partial charge on any atom is 0.282 e. The van der Waals surface area contributed by atoms with Crippen molar-refractivity contribution in [1.29, 1.82) is 0 Å². The minimum atomic E-state index is -0.467. The molecule has 0 aliphatic rings. The molecule has 1 aromatic heterocycles. The van der Waals surface area contributed by atoms with Gasteiger partial charge in [-0.2, -0.15) is 9.78 Å². The molecule has 190 valence electrons. The summed E-state index contributed by atoms with van der Waals surface area (Å²) in [5.41, 5.74) is 1.60. The van der Waals surface area contributed by atoms with Crippen LogP contribution in [0.4, 0.5) is 5.69 Å². The van der Waals surface area contributed by atoms with Gasteiger partial charge in [-0.3, -0.25) is 14.9 Å². The first-order chi connectivity index (χ1) is 17.7. The number of nitrogens with zero attached hydrogens (tertiary/aromatic N) is 4. The molecule has 0 fully saturated rings. The summed E-state index contributed by atoms with van der Waals surface area (Å²) in [4.78, 5) is 28.3. The van der Waals surface area contributed by atoms with E-state index in [0.717, 1.165) is 16.5 Å². The van der Waals surface area contributed by atoms with Crippen molar-refractivity contribution < 1.29 is 9.66 Å². The van der Waals surface area contributed by atoms with E-state index in [-0.39, 0.29) is 39.6 Å². The number of fused-ring (bicyclic) bond motifs is 1. The van der Waals surface area contributed by atoms with Gasteiger partial charge < -0.3 is 4.74 Å². The molecule has 1 heterocycles. The number of hydrogen-bond donors (Lipinski definition) is 0. The second-order valence-electron chi connectivity index (χ2n) is 8.33. The number of ether oxygens (including phenoxy) is 1. The van der Waals surface area contributed by atoms with Crippen LogP contribution in [-0.4, -0.2) is 20.8 Å². The SMILES string of the molecule is CC[C@H](C)c1nc2ccc(Br)cc2c(=O)n1N=Cc1cc(Cl)c(OCc2ccc([N+](=O)[O-])cc2)c(Cl)c1. The van der Waals surface area contributed by atoms with E-state index >= 15 is 0 Å². The van der Waals surface area contributed by atoms with Crippen molar-refractivity contribution in [2.75, 3.05) is 0 Å². The third-order valence-corrected chi connectivity index (χ3v) is 6.81. The lowest BCUT2D eigenvalue weighted by Crippen LogP contribution is -2.23. The first-order valence-electron chi connectivity index (χ1n) is 11.3. The van der Waals surface area contributed by atoms with E-state index in [4.69, 9.17) is 32.9 Å². The summed E-state index contributed by atoms with van der Waals surface area (Å²) in [6.45, 7) is 4.13. The Labute approximate surface area is 230 Å². The summed E-state index contributed by atoms with van der Waals surface area (Å²) in [6, 6.07) is 14.6. The fourth-order valence-corrected chi connectivity index (χ4v) is 4.54. The third-order valence-electron chi connectivity index (χ3n) is 5.76. The fourth-order valence-electron chi connectivity index (χ4n) is 3.56. The normalized spacial score (nSPS) is 12.2. The number of nitro groups is 1. The van der Waals surface area contributed by atoms with Crippen LogP contribution in [0.25, 0.3) is 10.9 Å². The lowest BCUT2D eigenvalue weighted by atomic mass is 10.1. The van der Waals surface area contributed by atoms with E-state index in [2.05, 4.69) is 21.0 Å². The van der Waals surface area contributed by atoms with Crippen LogP contribution in [0.2, 0.25) is 10.0 Å². The average molecular weight is 604 g/mol. The predicted molar refractivity (Wildman–Crippen MR) is 149 cm³/mol. The van der Waals surface area contributed by atoms with Gasteiger partial charge in [0.1, 0.15) is 12.4 Å². The van der Waals surface area contributed by atoms with Gasteiger partial charge in [-0.25, -0.2) is 4.98 Å². The fraction of sp³-hybridized carbons (Fsp3) is 0.192. The molecule has 1 atom stereocenters. The molecule has 0 radical (unpaired) electrons. The summed E-state index contributed by atoms with van der Waals surface area (Å²) >= 11 is 16.3. The van der Waals surface area contributed by atoms with Crippen molar-refractivity contribution in [3.63, 3.8) is 0 Å². The smallest absolute Gasteiger partial charge is 0.282 e. The number of rotatable bonds is 8. The van der Waals surface area contributed by atoms with Gasteiger partial charge in [0.2, 0.25) is 0 Å². The van der Waals surface area contributed by atoms with Crippen molar-refractivity contribution in [2.45, 2.75) is 32.8 Å². The highest BCUT2D eigenvalue weighted by Gasteiger charge is 2.16. The molecule has 0 unspecified atom stereocenters. The molecule has 0 saturated heterocycles. The van der Waals surface area contributed by atoms with Gasteiger partial charge >= 0.3 is 0 Å². The van der Waals surface area contributed by atoms with Crippen molar-refractivity contribution in [3.8, 4) is 5.75 Å². The van der Waals surface area contributed by atoms with E-state index < -0.39 is 4.92 Å². The van der Waals surface area contributed by atoms with Crippen LogP contribution in [0.15, 0.2) is 69.0 Å². The molecule has 0 bridgehead atoms.